The maximum atomic E-state index is 12.3. The highest BCUT2D eigenvalue weighted by Crippen LogP contribution is 2.28. The Hall–Kier alpha value is -2.62. The van der Waals surface area contributed by atoms with E-state index in [0.717, 1.165) is 41.7 Å². The SMILES string of the molecule is O=C(c1cnc2[nH]cc(-c3ccccc3)c2c1)N1CCC1. The topological polar surface area (TPSA) is 49.0 Å². The number of benzene rings is 1. The number of carbonyl (C=O) groups excluding carboxylic acids is 1. The first-order valence-electron chi connectivity index (χ1n) is 7.15. The zero-order valence-electron chi connectivity index (χ0n) is 11.5. The van der Waals surface area contributed by atoms with Gasteiger partial charge in [0.05, 0.1) is 5.56 Å². The summed E-state index contributed by atoms with van der Waals surface area (Å²) in [6, 6.07) is 12.1. The van der Waals surface area contributed by atoms with Crippen molar-refractivity contribution in [1.82, 2.24) is 14.9 Å². The summed E-state index contributed by atoms with van der Waals surface area (Å²) >= 11 is 0. The van der Waals surface area contributed by atoms with Crippen LogP contribution in [0.4, 0.5) is 0 Å². The summed E-state index contributed by atoms with van der Waals surface area (Å²) in [5.74, 6) is 0.0795. The third-order valence-corrected chi connectivity index (χ3v) is 4.01. The largest absolute Gasteiger partial charge is 0.346 e. The van der Waals surface area contributed by atoms with Crippen molar-refractivity contribution in [2.75, 3.05) is 13.1 Å². The van der Waals surface area contributed by atoms with E-state index in [-0.39, 0.29) is 5.91 Å². The third-order valence-electron chi connectivity index (χ3n) is 4.01. The van der Waals surface area contributed by atoms with Gasteiger partial charge in [-0.05, 0) is 18.1 Å². The summed E-state index contributed by atoms with van der Waals surface area (Å²) < 4.78 is 0. The molecule has 0 bridgehead atoms. The minimum atomic E-state index is 0.0795. The Kier molecular flexibility index (Phi) is 2.74. The normalized spacial score (nSPS) is 14.2. The fraction of sp³-hybridized carbons (Fsp3) is 0.176. The number of carbonyl (C=O) groups is 1. The second-order valence-electron chi connectivity index (χ2n) is 5.33. The lowest BCUT2D eigenvalue weighted by Gasteiger charge is -2.30. The van der Waals surface area contributed by atoms with Gasteiger partial charge in [0.2, 0.25) is 0 Å². The molecule has 0 saturated carbocycles. The Labute approximate surface area is 122 Å². The molecular weight excluding hydrogens is 262 g/mol. The van der Waals surface area contributed by atoms with Gasteiger partial charge >= 0.3 is 0 Å². The molecular formula is C17H15N3O. The highest BCUT2D eigenvalue weighted by atomic mass is 16.2. The molecule has 1 saturated heterocycles. The van der Waals surface area contributed by atoms with Crippen molar-refractivity contribution < 1.29 is 4.79 Å². The summed E-state index contributed by atoms with van der Waals surface area (Å²) in [6.45, 7) is 1.71. The van der Waals surface area contributed by atoms with E-state index in [0.29, 0.717) is 5.56 Å². The smallest absolute Gasteiger partial charge is 0.255 e. The Morgan fingerprint density at radius 3 is 2.71 bits per heavy atom. The molecule has 1 fully saturated rings. The molecule has 4 heteroatoms. The van der Waals surface area contributed by atoms with E-state index in [1.165, 1.54) is 0 Å². The number of hydrogen-bond acceptors (Lipinski definition) is 2. The van der Waals surface area contributed by atoms with Crippen LogP contribution in [-0.2, 0) is 0 Å². The van der Waals surface area contributed by atoms with Gasteiger partial charge in [-0.2, -0.15) is 0 Å². The van der Waals surface area contributed by atoms with E-state index in [4.69, 9.17) is 0 Å². The van der Waals surface area contributed by atoms with Crippen molar-refractivity contribution in [2.45, 2.75) is 6.42 Å². The van der Waals surface area contributed by atoms with E-state index >= 15 is 0 Å². The van der Waals surface area contributed by atoms with Crippen molar-refractivity contribution in [3.8, 4) is 11.1 Å². The van der Waals surface area contributed by atoms with Gasteiger partial charge in [-0.25, -0.2) is 4.98 Å². The molecule has 2 aromatic heterocycles. The van der Waals surface area contributed by atoms with Gasteiger partial charge in [-0.15, -0.1) is 0 Å². The Balaban J connectivity index is 1.81. The van der Waals surface area contributed by atoms with Gasteiger partial charge in [0.25, 0.3) is 5.91 Å². The van der Waals surface area contributed by atoms with Crippen LogP contribution in [0.1, 0.15) is 16.8 Å². The fourth-order valence-corrected chi connectivity index (χ4v) is 2.68. The van der Waals surface area contributed by atoms with Gasteiger partial charge in [0.1, 0.15) is 5.65 Å². The average Bonchev–Trinajstić information content (AvgIpc) is 2.89. The van der Waals surface area contributed by atoms with Crippen LogP contribution < -0.4 is 0 Å². The predicted molar refractivity (Wildman–Crippen MR) is 82.1 cm³/mol. The Morgan fingerprint density at radius 2 is 2.00 bits per heavy atom. The van der Waals surface area contributed by atoms with Crippen LogP contribution in [0.15, 0.2) is 48.8 Å². The number of fused-ring (bicyclic) bond motifs is 1. The Morgan fingerprint density at radius 1 is 1.19 bits per heavy atom. The molecule has 1 aliphatic rings. The summed E-state index contributed by atoms with van der Waals surface area (Å²) in [7, 11) is 0. The van der Waals surface area contributed by atoms with Gasteiger partial charge in [-0.3, -0.25) is 4.79 Å². The van der Waals surface area contributed by atoms with Crippen LogP contribution >= 0.6 is 0 Å². The van der Waals surface area contributed by atoms with Crippen LogP contribution in [0, 0.1) is 0 Å². The minimum Gasteiger partial charge on any atom is -0.346 e. The van der Waals surface area contributed by atoms with Crippen LogP contribution in [0.3, 0.4) is 0 Å². The summed E-state index contributed by atoms with van der Waals surface area (Å²) in [4.78, 5) is 21.7. The maximum Gasteiger partial charge on any atom is 0.255 e. The van der Waals surface area contributed by atoms with E-state index in [1.807, 2.05) is 35.4 Å². The summed E-state index contributed by atoms with van der Waals surface area (Å²) in [6.07, 6.45) is 4.71. The van der Waals surface area contributed by atoms with Crippen LogP contribution in [-0.4, -0.2) is 33.9 Å². The van der Waals surface area contributed by atoms with Gasteiger partial charge in [0.15, 0.2) is 0 Å². The minimum absolute atomic E-state index is 0.0795. The van der Waals surface area contributed by atoms with E-state index in [2.05, 4.69) is 22.1 Å². The molecule has 0 spiro atoms. The lowest BCUT2D eigenvalue weighted by molar-refractivity contribution is 0.0651. The molecule has 3 aromatic rings. The molecule has 1 aromatic carbocycles. The molecule has 0 aliphatic carbocycles. The van der Waals surface area contributed by atoms with Crippen molar-refractivity contribution in [1.29, 1.82) is 0 Å². The molecule has 1 amide bonds. The monoisotopic (exact) mass is 277 g/mol. The predicted octanol–water partition coefficient (Wildman–Crippen LogP) is 3.08. The number of H-pyrrole nitrogens is 1. The van der Waals surface area contributed by atoms with Crippen molar-refractivity contribution in [3.63, 3.8) is 0 Å². The molecule has 4 rings (SSSR count). The average molecular weight is 277 g/mol. The van der Waals surface area contributed by atoms with E-state index in [9.17, 15) is 4.79 Å². The fourth-order valence-electron chi connectivity index (χ4n) is 2.68. The molecule has 1 aliphatic heterocycles. The lowest BCUT2D eigenvalue weighted by atomic mass is 10.0. The summed E-state index contributed by atoms with van der Waals surface area (Å²) in [5, 5.41) is 0.993. The van der Waals surface area contributed by atoms with Crippen LogP contribution in [0.2, 0.25) is 0 Å². The highest BCUT2D eigenvalue weighted by Gasteiger charge is 2.22. The molecule has 0 unspecified atom stereocenters. The standard InChI is InChI=1S/C17H15N3O/c21-17(20-7-4-8-20)13-9-14-15(11-19-16(14)18-10-13)12-5-2-1-3-6-12/h1-3,5-6,9-11H,4,7-8H2,(H,18,19). The number of likely N-dealkylation sites (tertiary alicyclic amines) is 1. The summed E-state index contributed by atoms with van der Waals surface area (Å²) in [5.41, 5.74) is 3.68. The number of nitrogens with zero attached hydrogens (tertiary/aromatic N) is 2. The first kappa shape index (κ1) is 12.1. The van der Waals surface area contributed by atoms with Crippen LogP contribution in [0.5, 0.6) is 0 Å². The number of hydrogen-bond donors (Lipinski definition) is 1. The number of nitrogens with one attached hydrogen (secondary N) is 1. The highest BCUT2D eigenvalue weighted by molar-refractivity contribution is 6.01. The van der Waals surface area contributed by atoms with Gasteiger partial charge in [0, 0.05) is 36.4 Å². The molecule has 104 valence electrons. The number of aromatic nitrogens is 2. The van der Waals surface area contributed by atoms with E-state index < -0.39 is 0 Å². The first-order valence-corrected chi connectivity index (χ1v) is 7.15. The van der Waals surface area contributed by atoms with Crippen molar-refractivity contribution in [2.24, 2.45) is 0 Å². The van der Waals surface area contributed by atoms with Crippen molar-refractivity contribution in [3.05, 3.63) is 54.4 Å². The molecule has 0 atom stereocenters. The molecule has 4 nitrogen and oxygen atoms in total. The van der Waals surface area contributed by atoms with Crippen LogP contribution in [0.25, 0.3) is 22.2 Å². The molecule has 0 radical (unpaired) electrons. The first-order chi connectivity index (χ1) is 10.3. The number of amides is 1. The molecule has 1 N–H and O–H groups in total. The number of rotatable bonds is 2. The second-order valence-corrected chi connectivity index (χ2v) is 5.33. The Bertz CT molecular complexity index is 803. The third kappa shape index (κ3) is 2.00. The quantitative estimate of drug-likeness (QED) is 0.782. The molecule has 3 heterocycles. The van der Waals surface area contributed by atoms with Gasteiger partial charge in [-0.1, -0.05) is 30.3 Å². The second kappa shape index (κ2) is 4.74. The maximum absolute atomic E-state index is 12.3. The number of aromatic amines is 1. The zero-order chi connectivity index (χ0) is 14.2. The number of pyridine rings is 1. The lowest BCUT2D eigenvalue weighted by Crippen LogP contribution is -2.42. The van der Waals surface area contributed by atoms with E-state index in [1.54, 1.807) is 6.20 Å². The zero-order valence-corrected chi connectivity index (χ0v) is 11.5. The van der Waals surface area contributed by atoms with Gasteiger partial charge < -0.3 is 9.88 Å². The molecule has 21 heavy (non-hydrogen) atoms. The van der Waals surface area contributed by atoms with Crippen molar-refractivity contribution >= 4 is 16.9 Å².